The smallest absolute Gasteiger partial charge is 0.377 e. The molecule has 0 heterocycles. The lowest BCUT2D eigenvalue weighted by molar-refractivity contribution is 0.107. The summed E-state index contributed by atoms with van der Waals surface area (Å²) >= 11 is 0. The Balaban J connectivity index is 3.94. The second-order valence-corrected chi connectivity index (χ2v) is 14.5. The van der Waals surface area contributed by atoms with Gasteiger partial charge in [-0.05, 0) is 12.8 Å². The van der Waals surface area contributed by atoms with Crippen molar-refractivity contribution in [2.75, 3.05) is 21.3 Å². The standard InChI is InChI=1S/C32H68O3Si/c1-6-8-10-12-14-16-18-19-20-21-23-25-27-29-31-32(36(33-3,34-4)35-5)30-28-26-24-22-17-15-13-11-9-7-2/h32H,6-31H2,1-5H3. The normalized spacial score (nSPS) is 12.9. The first-order chi connectivity index (χ1) is 17.7. The quantitative estimate of drug-likeness (QED) is 0.0685. The molecule has 0 saturated heterocycles. The van der Waals surface area contributed by atoms with Crippen LogP contribution in [-0.4, -0.2) is 30.1 Å². The molecule has 0 aliphatic heterocycles. The van der Waals surface area contributed by atoms with E-state index < -0.39 is 8.80 Å². The fourth-order valence-electron chi connectivity index (χ4n) is 5.71. The van der Waals surface area contributed by atoms with E-state index in [0.29, 0.717) is 5.54 Å². The molecule has 0 aromatic heterocycles. The van der Waals surface area contributed by atoms with E-state index in [1.165, 1.54) is 167 Å². The second kappa shape index (κ2) is 28.1. The molecular formula is C32H68O3Si. The molecule has 0 spiro atoms. The van der Waals surface area contributed by atoms with Crippen LogP contribution in [0.2, 0.25) is 5.54 Å². The molecule has 36 heavy (non-hydrogen) atoms. The van der Waals surface area contributed by atoms with E-state index in [2.05, 4.69) is 13.8 Å². The minimum Gasteiger partial charge on any atom is -0.377 e. The van der Waals surface area contributed by atoms with Crippen molar-refractivity contribution in [3.63, 3.8) is 0 Å². The Hall–Kier alpha value is 0.0969. The fourth-order valence-corrected chi connectivity index (χ4v) is 8.33. The molecule has 0 aliphatic rings. The van der Waals surface area contributed by atoms with Crippen LogP contribution in [0.15, 0.2) is 0 Å². The predicted octanol–water partition coefficient (Wildman–Crippen LogP) is 11.4. The van der Waals surface area contributed by atoms with Gasteiger partial charge in [-0.15, -0.1) is 0 Å². The van der Waals surface area contributed by atoms with Crippen molar-refractivity contribution in [2.24, 2.45) is 0 Å². The number of hydrogen-bond donors (Lipinski definition) is 0. The van der Waals surface area contributed by atoms with Crippen molar-refractivity contribution in [3.8, 4) is 0 Å². The lowest BCUT2D eigenvalue weighted by atomic mass is 10.0. The lowest BCUT2D eigenvalue weighted by Gasteiger charge is -2.32. The first-order valence-electron chi connectivity index (χ1n) is 16.4. The summed E-state index contributed by atoms with van der Waals surface area (Å²) in [6.07, 6.45) is 36.0. The maximum Gasteiger partial charge on any atom is 0.503 e. The maximum absolute atomic E-state index is 5.90. The van der Waals surface area contributed by atoms with Crippen LogP contribution in [0.5, 0.6) is 0 Å². The van der Waals surface area contributed by atoms with Gasteiger partial charge in [-0.1, -0.05) is 168 Å². The topological polar surface area (TPSA) is 27.7 Å². The molecule has 0 fully saturated rings. The molecule has 4 heteroatoms. The van der Waals surface area contributed by atoms with E-state index in [1.807, 2.05) is 0 Å². The summed E-state index contributed by atoms with van der Waals surface area (Å²) in [6, 6.07) is 0. The molecule has 0 rings (SSSR count). The third-order valence-electron chi connectivity index (χ3n) is 8.17. The third kappa shape index (κ3) is 20.1. The summed E-state index contributed by atoms with van der Waals surface area (Å²) in [5, 5.41) is 0. The van der Waals surface area contributed by atoms with Gasteiger partial charge in [0.1, 0.15) is 0 Å². The largest absolute Gasteiger partial charge is 0.503 e. The van der Waals surface area contributed by atoms with E-state index in [4.69, 9.17) is 13.3 Å². The molecule has 0 aromatic carbocycles. The van der Waals surface area contributed by atoms with E-state index in [-0.39, 0.29) is 0 Å². The van der Waals surface area contributed by atoms with Crippen LogP contribution in [-0.2, 0) is 13.3 Å². The summed E-state index contributed by atoms with van der Waals surface area (Å²) in [6.45, 7) is 4.59. The minimum absolute atomic E-state index is 0.448. The minimum atomic E-state index is -2.55. The highest BCUT2D eigenvalue weighted by atomic mass is 28.4. The molecule has 0 amide bonds. The van der Waals surface area contributed by atoms with Gasteiger partial charge in [0.05, 0.1) is 0 Å². The zero-order valence-corrected chi connectivity index (χ0v) is 26.7. The van der Waals surface area contributed by atoms with Crippen LogP contribution in [0.25, 0.3) is 0 Å². The Kier molecular flexibility index (Phi) is 28.2. The van der Waals surface area contributed by atoms with Gasteiger partial charge in [-0.25, -0.2) is 0 Å². The molecular weight excluding hydrogens is 460 g/mol. The fraction of sp³-hybridized carbons (Fsp3) is 1.00. The molecule has 0 N–H and O–H groups in total. The molecule has 218 valence electrons. The Morgan fingerprint density at radius 2 is 0.583 bits per heavy atom. The van der Waals surface area contributed by atoms with Crippen molar-refractivity contribution in [1.82, 2.24) is 0 Å². The van der Waals surface area contributed by atoms with Crippen molar-refractivity contribution in [2.45, 2.75) is 186 Å². The monoisotopic (exact) mass is 528 g/mol. The first kappa shape index (κ1) is 36.1. The third-order valence-corrected chi connectivity index (χ3v) is 11.5. The van der Waals surface area contributed by atoms with Gasteiger partial charge < -0.3 is 13.3 Å². The van der Waals surface area contributed by atoms with Crippen molar-refractivity contribution in [1.29, 1.82) is 0 Å². The summed E-state index contributed by atoms with van der Waals surface area (Å²) in [4.78, 5) is 0. The van der Waals surface area contributed by atoms with Crippen molar-refractivity contribution >= 4 is 8.80 Å². The average molecular weight is 529 g/mol. The highest BCUT2D eigenvalue weighted by Gasteiger charge is 2.46. The van der Waals surface area contributed by atoms with Gasteiger partial charge in [-0.3, -0.25) is 0 Å². The summed E-state index contributed by atoms with van der Waals surface area (Å²) in [5.74, 6) is 0. The molecule has 0 aliphatic carbocycles. The Morgan fingerprint density at radius 3 is 0.806 bits per heavy atom. The Labute approximate surface area is 229 Å². The van der Waals surface area contributed by atoms with Crippen LogP contribution >= 0.6 is 0 Å². The van der Waals surface area contributed by atoms with Gasteiger partial charge in [0.25, 0.3) is 0 Å². The van der Waals surface area contributed by atoms with Crippen LogP contribution < -0.4 is 0 Å². The molecule has 0 radical (unpaired) electrons. The van der Waals surface area contributed by atoms with Crippen LogP contribution in [0.1, 0.15) is 181 Å². The van der Waals surface area contributed by atoms with Gasteiger partial charge in [-0.2, -0.15) is 0 Å². The highest BCUT2D eigenvalue weighted by Crippen LogP contribution is 2.35. The van der Waals surface area contributed by atoms with Gasteiger partial charge in [0.2, 0.25) is 0 Å². The summed E-state index contributed by atoms with van der Waals surface area (Å²) < 4.78 is 17.7. The second-order valence-electron chi connectivity index (χ2n) is 11.3. The Morgan fingerprint density at radius 1 is 0.361 bits per heavy atom. The van der Waals surface area contributed by atoms with Crippen LogP contribution in [0.4, 0.5) is 0 Å². The molecule has 1 unspecified atom stereocenters. The van der Waals surface area contributed by atoms with E-state index in [0.717, 1.165) is 0 Å². The van der Waals surface area contributed by atoms with Crippen molar-refractivity contribution in [3.05, 3.63) is 0 Å². The predicted molar refractivity (Wildman–Crippen MR) is 162 cm³/mol. The van der Waals surface area contributed by atoms with Crippen LogP contribution in [0.3, 0.4) is 0 Å². The van der Waals surface area contributed by atoms with Crippen molar-refractivity contribution < 1.29 is 13.3 Å². The highest BCUT2D eigenvalue weighted by molar-refractivity contribution is 6.62. The summed E-state index contributed by atoms with van der Waals surface area (Å²) in [5.41, 5.74) is 0.448. The van der Waals surface area contributed by atoms with E-state index in [9.17, 15) is 0 Å². The van der Waals surface area contributed by atoms with E-state index >= 15 is 0 Å². The molecule has 1 atom stereocenters. The molecule has 0 saturated carbocycles. The summed E-state index contributed by atoms with van der Waals surface area (Å²) in [7, 11) is 2.82. The zero-order chi connectivity index (χ0) is 26.6. The SMILES string of the molecule is CCCCCCCCCCCCCCCCC(CCCCCCCCCCCC)[Si](OC)(OC)OC. The number of unbranched alkanes of at least 4 members (excludes halogenated alkanes) is 22. The average Bonchev–Trinajstić information content (AvgIpc) is 2.90. The maximum atomic E-state index is 5.90. The molecule has 3 nitrogen and oxygen atoms in total. The van der Waals surface area contributed by atoms with Crippen LogP contribution in [0, 0.1) is 0 Å². The molecule has 0 aromatic rings. The first-order valence-corrected chi connectivity index (χ1v) is 18.2. The van der Waals surface area contributed by atoms with Gasteiger partial charge in [0, 0.05) is 26.9 Å². The Bertz CT molecular complexity index is 406. The zero-order valence-electron chi connectivity index (χ0n) is 25.7. The van der Waals surface area contributed by atoms with E-state index in [1.54, 1.807) is 21.3 Å². The number of rotatable bonds is 30. The van der Waals surface area contributed by atoms with Gasteiger partial charge in [0.15, 0.2) is 0 Å². The number of hydrogen-bond acceptors (Lipinski definition) is 3. The van der Waals surface area contributed by atoms with Gasteiger partial charge >= 0.3 is 8.80 Å². The lowest BCUT2D eigenvalue weighted by Crippen LogP contribution is -2.47. The molecule has 0 bridgehead atoms.